The van der Waals surface area contributed by atoms with Gasteiger partial charge in [-0.1, -0.05) is 23.7 Å². The van der Waals surface area contributed by atoms with E-state index in [9.17, 15) is 0 Å². The second kappa shape index (κ2) is 18.2. The first-order valence-electron chi connectivity index (χ1n) is 12.1. The Hall–Kier alpha value is -4.09. The van der Waals surface area contributed by atoms with Gasteiger partial charge in [0, 0.05) is 24.5 Å². The molecular weight excluding hydrogens is 520 g/mol. The van der Waals surface area contributed by atoms with Crippen molar-refractivity contribution in [1.29, 1.82) is 0 Å². The average molecular weight is 555 g/mol. The smallest absolute Gasteiger partial charge is 0.132 e. The number of methoxy groups -OCH3 is 2. The third-order valence-electron chi connectivity index (χ3n) is 4.74. The van der Waals surface area contributed by atoms with Crippen molar-refractivity contribution >= 4 is 40.4 Å². The van der Waals surface area contributed by atoms with Crippen LogP contribution >= 0.6 is 11.6 Å². The molecule has 2 heterocycles. The Bertz CT molecular complexity index is 1210. The zero-order chi connectivity index (χ0) is 28.3. The summed E-state index contributed by atoms with van der Waals surface area (Å²) >= 11 is 5.79. The van der Waals surface area contributed by atoms with Gasteiger partial charge in [0.25, 0.3) is 0 Å². The molecule has 39 heavy (non-hydrogen) atoms. The van der Waals surface area contributed by atoms with E-state index in [1.54, 1.807) is 20.3 Å². The number of nitrogens with two attached hydrogens (primary N) is 1. The van der Waals surface area contributed by atoms with Crippen LogP contribution in [0.4, 0.5) is 28.8 Å². The molecular formula is C28H35ClN6O4. The van der Waals surface area contributed by atoms with Crippen LogP contribution in [0, 0.1) is 0 Å². The normalized spacial score (nSPS) is 9.69. The fraction of sp³-hybridized carbons (Fsp3) is 0.214. The van der Waals surface area contributed by atoms with Crippen molar-refractivity contribution in [2.45, 2.75) is 0 Å². The van der Waals surface area contributed by atoms with Gasteiger partial charge in [0.2, 0.25) is 0 Å². The lowest BCUT2D eigenvalue weighted by atomic mass is 10.3. The van der Waals surface area contributed by atoms with Crippen molar-refractivity contribution in [2.24, 2.45) is 5.73 Å². The number of benzene rings is 2. The third-order valence-corrected chi connectivity index (χ3v) is 4.95. The maximum absolute atomic E-state index is 8.76. The van der Waals surface area contributed by atoms with E-state index in [0.717, 1.165) is 40.3 Å². The Morgan fingerprint density at radius 1 is 0.692 bits per heavy atom. The largest absolute Gasteiger partial charge is 0.497 e. The Balaban J connectivity index is 0.000000243. The second-order valence-electron chi connectivity index (χ2n) is 7.62. The molecule has 0 atom stereocenters. The molecule has 10 nitrogen and oxygen atoms in total. The van der Waals surface area contributed by atoms with Crippen LogP contribution in [0.1, 0.15) is 0 Å². The van der Waals surface area contributed by atoms with Gasteiger partial charge in [-0.25, -0.2) is 9.97 Å². The van der Waals surface area contributed by atoms with Gasteiger partial charge in [-0.2, -0.15) is 0 Å². The SMILES string of the molecule is COc1ccc(Nc2cccc(Cl)n2)cc1.COc1ccc(Nc2cccc(NCCO)n2)cc1.NCCO. The number of hydrogen-bond donors (Lipinski definition) is 6. The van der Waals surface area contributed by atoms with Crippen LogP contribution < -0.4 is 31.2 Å². The highest BCUT2D eigenvalue weighted by Gasteiger charge is 1.99. The minimum atomic E-state index is 0.0812. The van der Waals surface area contributed by atoms with Crippen LogP contribution in [0.3, 0.4) is 0 Å². The molecule has 4 rings (SSSR count). The summed E-state index contributed by atoms with van der Waals surface area (Å²) in [7, 11) is 3.28. The van der Waals surface area contributed by atoms with E-state index in [1.165, 1.54) is 0 Å². The molecule has 0 amide bonds. The van der Waals surface area contributed by atoms with E-state index in [2.05, 4.69) is 25.9 Å². The molecule has 0 saturated heterocycles. The van der Waals surface area contributed by atoms with E-state index < -0.39 is 0 Å². The molecule has 0 unspecified atom stereocenters. The lowest BCUT2D eigenvalue weighted by Crippen LogP contribution is -2.07. The molecule has 0 saturated carbocycles. The average Bonchev–Trinajstić information content (AvgIpc) is 2.97. The van der Waals surface area contributed by atoms with E-state index >= 15 is 0 Å². The third kappa shape index (κ3) is 12.3. The highest BCUT2D eigenvalue weighted by molar-refractivity contribution is 6.29. The molecule has 0 fully saturated rings. The summed E-state index contributed by atoms with van der Waals surface area (Å²) in [6, 6.07) is 26.3. The Morgan fingerprint density at radius 2 is 1.15 bits per heavy atom. The van der Waals surface area contributed by atoms with Crippen molar-refractivity contribution in [1.82, 2.24) is 9.97 Å². The van der Waals surface area contributed by atoms with Crippen molar-refractivity contribution in [3.8, 4) is 11.5 Å². The summed E-state index contributed by atoms with van der Waals surface area (Å²) in [5.74, 6) is 3.83. The number of aromatic nitrogens is 2. The molecule has 0 aliphatic rings. The molecule has 0 aliphatic heterocycles. The van der Waals surface area contributed by atoms with Gasteiger partial charge in [0.1, 0.15) is 34.1 Å². The van der Waals surface area contributed by atoms with Crippen LogP contribution in [0.5, 0.6) is 11.5 Å². The van der Waals surface area contributed by atoms with Crippen molar-refractivity contribution in [3.63, 3.8) is 0 Å². The van der Waals surface area contributed by atoms with Gasteiger partial charge < -0.3 is 41.4 Å². The highest BCUT2D eigenvalue weighted by atomic mass is 35.5. The Labute approximate surface area is 233 Å². The molecule has 11 heteroatoms. The maximum Gasteiger partial charge on any atom is 0.132 e. The minimum Gasteiger partial charge on any atom is -0.497 e. The van der Waals surface area contributed by atoms with Gasteiger partial charge in [0.15, 0.2) is 0 Å². The van der Waals surface area contributed by atoms with Gasteiger partial charge in [-0.05, 0) is 72.8 Å². The van der Waals surface area contributed by atoms with Crippen LogP contribution in [0.25, 0.3) is 0 Å². The molecule has 2 aromatic carbocycles. The Kier molecular flexibility index (Phi) is 14.5. The number of nitrogens with one attached hydrogen (secondary N) is 3. The monoisotopic (exact) mass is 554 g/mol. The number of nitrogens with zero attached hydrogens (tertiary/aromatic N) is 2. The standard InChI is InChI=1S/C14H17N3O2.C12H11ClN2O.C2H7NO/c1-19-12-7-5-11(6-8-12)16-14-4-2-3-13(17-14)15-9-10-18;1-16-10-7-5-9(6-8-10)14-12-4-2-3-11(13)15-12;3-1-2-4/h2-8,18H,9-10H2,1H3,(H2,15,16,17);2-8H,1H3,(H,14,15);4H,1-3H2. The summed E-state index contributed by atoms with van der Waals surface area (Å²) in [4.78, 5) is 8.52. The predicted octanol–water partition coefficient (Wildman–Crippen LogP) is 4.66. The van der Waals surface area contributed by atoms with Gasteiger partial charge in [0.05, 0.1) is 27.4 Å². The van der Waals surface area contributed by atoms with Crippen LogP contribution in [-0.2, 0) is 0 Å². The first-order chi connectivity index (χ1) is 19.0. The number of ether oxygens (including phenoxy) is 2. The summed E-state index contributed by atoms with van der Waals surface area (Å²) in [6.07, 6.45) is 0. The second-order valence-corrected chi connectivity index (χ2v) is 8.01. The number of aliphatic hydroxyl groups excluding tert-OH is 2. The van der Waals surface area contributed by atoms with Crippen LogP contribution in [0.2, 0.25) is 5.15 Å². The first-order valence-corrected chi connectivity index (χ1v) is 12.5. The molecule has 2 aromatic heterocycles. The van der Waals surface area contributed by atoms with Crippen molar-refractivity contribution in [2.75, 3.05) is 56.5 Å². The fourth-order valence-corrected chi connectivity index (χ4v) is 3.07. The van der Waals surface area contributed by atoms with Crippen LogP contribution in [0.15, 0.2) is 84.9 Å². The molecule has 0 bridgehead atoms. The molecule has 0 radical (unpaired) electrons. The summed E-state index contributed by atoms with van der Waals surface area (Å²) < 4.78 is 10.2. The topological polar surface area (TPSA) is 147 Å². The van der Waals surface area contributed by atoms with E-state index in [-0.39, 0.29) is 13.2 Å². The number of rotatable bonds is 10. The summed E-state index contributed by atoms with van der Waals surface area (Å²) in [6.45, 7) is 1.04. The number of halogens is 1. The van der Waals surface area contributed by atoms with E-state index in [1.807, 2.05) is 78.9 Å². The molecule has 0 spiro atoms. The zero-order valence-electron chi connectivity index (χ0n) is 22.0. The van der Waals surface area contributed by atoms with Gasteiger partial charge in [-0.15, -0.1) is 0 Å². The van der Waals surface area contributed by atoms with Gasteiger partial charge >= 0.3 is 0 Å². The lowest BCUT2D eigenvalue weighted by molar-refractivity contribution is 0.306. The molecule has 4 aromatic rings. The van der Waals surface area contributed by atoms with E-state index in [0.29, 0.717) is 18.2 Å². The number of anilines is 5. The quantitative estimate of drug-likeness (QED) is 0.153. The predicted molar refractivity (Wildman–Crippen MR) is 158 cm³/mol. The fourth-order valence-electron chi connectivity index (χ4n) is 2.91. The van der Waals surface area contributed by atoms with E-state index in [4.69, 9.17) is 37.0 Å². The Morgan fingerprint density at radius 3 is 1.59 bits per heavy atom. The lowest BCUT2D eigenvalue weighted by Gasteiger charge is -2.09. The number of pyridine rings is 2. The number of aliphatic hydroxyl groups is 2. The highest BCUT2D eigenvalue weighted by Crippen LogP contribution is 2.20. The molecule has 0 aliphatic carbocycles. The number of hydrogen-bond acceptors (Lipinski definition) is 10. The molecule has 208 valence electrons. The zero-order valence-corrected chi connectivity index (χ0v) is 22.7. The summed E-state index contributed by atoms with van der Waals surface area (Å²) in [5, 5.41) is 26.3. The first kappa shape index (κ1) is 31.1. The van der Waals surface area contributed by atoms with Gasteiger partial charge in [-0.3, -0.25) is 0 Å². The summed E-state index contributed by atoms with van der Waals surface area (Å²) in [5.41, 5.74) is 6.66. The maximum atomic E-state index is 8.76. The molecule has 7 N–H and O–H groups in total. The van der Waals surface area contributed by atoms with Crippen molar-refractivity contribution in [3.05, 3.63) is 90.1 Å². The van der Waals surface area contributed by atoms with Crippen molar-refractivity contribution < 1.29 is 19.7 Å². The minimum absolute atomic E-state index is 0.0812. The van der Waals surface area contributed by atoms with Crippen LogP contribution in [-0.4, -0.2) is 60.7 Å².